The molecule has 0 bridgehead atoms. The largest absolute Gasteiger partial charge is 0.497 e. The summed E-state index contributed by atoms with van der Waals surface area (Å²) in [6, 6.07) is 13.9. The summed E-state index contributed by atoms with van der Waals surface area (Å²) in [7, 11) is 3.13. The minimum absolute atomic E-state index is 0.102. The summed E-state index contributed by atoms with van der Waals surface area (Å²) in [6.07, 6.45) is 0. The Labute approximate surface area is 197 Å². The predicted molar refractivity (Wildman–Crippen MR) is 130 cm³/mol. The lowest BCUT2D eigenvalue weighted by molar-refractivity contribution is -0.139. The highest BCUT2D eigenvalue weighted by Gasteiger charge is 2.32. The van der Waals surface area contributed by atoms with Gasteiger partial charge in [0, 0.05) is 23.0 Å². The number of hydrogen-bond donors (Lipinski definition) is 2. The van der Waals surface area contributed by atoms with Crippen molar-refractivity contribution in [2.45, 2.75) is 19.9 Å². The Morgan fingerprint density at radius 1 is 1.12 bits per heavy atom. The van der Waals surface area contributed by atoms with E-state index in [-0.39, 0.29) is 17.6 Å². The number of carbonyl (C=O) groups is 2. The summed E-state index contributed by atoms with van der Waals surface area (Å²) in [5.74, 6) is 0.649. The first-order chi connectivity index (χ1) is 16.0. The van der Waals surface area contributed by atoms with Gasteiger partial charge in [0.2, 0.25) is 0 Å². The second-order valence-electron chi connectivity index (χ2n) is 7.02. The molecular formula is C24H27N3O5S. The molecule has 2 aromatic carbocycles. The van der Waals surface area contributed by atoms with Crippen LogP contribution in [0.4, 0.5) is 5.69 Å². The molecule has 1 aliphatic heterocycles. The Morgan fingerprint density at radius 2 is 1.88 bits per heavy atom. The number of ether oxygens (including phenoxy) is 3. The average molecular weight is 470 g/mol. The van der Waals surface area contributed by atoms with Crippen LogP contribution in [0.3, 0.4) is 0 Å². The van der Waals surface area contributed by atoms with Crippen molar-refractivity contribution in [2.24, 2.45) is 4.99 Å². The number of methoxy groups -OCH3 is 2. The van der Waals surface area contributed by atoms with Crippen molar-refractivity contribution in [2.75, 3.05) is 31.9 Å². The van der Waals surface area contributed by atoms with Gasteiger partial charge in [-0.2, -0.15) is 0 Å². The number of allylic oxidation sites excluding steroid dienone is 1. The molecule has 174 valence electrons. The zero-order valence-electron chi connectivity index (χ0n) is 19.0. The number of hydrogen-bond acceptors (Lipinski definition) is 8. The highest BCUT2D eigenvalue weighted by Crippen LogP contribution is 2.39. The lowest BCUT2D eigenvalue weighted by Crippen LogP contribution is -2.32. The molecule has 1 atom stereocenters. The van der Waals surface area contributed by atoms with E-state index in [9.17, 15) is 9.59 Å². The van der Waals surface area contributed by atoms with E-state index in [1.807, 2.05) is 43.3 Å². The first-order valence-electron chi connectivity index (χ1n) is 10.4. The molecule has 0 aromatic heterocycles. The molecule has 9 heteroatoms. The molecule has 0 saturated carbocycles. The van der Waals surface area contributed by atoms with Crippen molar-refractivity contribution in [3.8, 4) is 11.5 Å². The number of nitrogens with one attached hydrogen (secondary N) is 2. The molecule has 2 aromatic rings. The maximum absolute atomic E-state index is 13.3. The molecule has 0 unspecified atom stereocenters. The molecule has 2 N–H and O–H groups in total. The molecule has 0 saturated heterocycles. The van der Waals surface area contributed by atoms with Crippen molar-refractivity contribution < 1.29 is 23.8 Å². The monoisotopic (exact) mass is 469 g/mol. The van der Waals surface area contributed by atoms with E-state index in [1.165, 1.54) is 11.8 Å². The lowest BCUT2D eigenvalue weighted by Gasteiger charge is -2.27. The van der Waals surface area contributed by atoms with E-state index >= 15 is 0 Å². The van der Waals surface area contributed by atoms with Crippen LogP contribution in [0.2, 0.25) is 0 Å². The predicted octanol–water partition coefficient (Wildman–Crippen LogP) is 3.91. The summed E-state index contributed by atoms with van der Waals surface area (Å²) in [5.41, 5.74) is 2.46. The summed E-state index contributed by atoms with van der Waals surface area (Å²) < 4.78 is 15.9. The van der Waals surface area contributed by atoms with Gasteiger partial charge in [-0.25, -0.2) is 4.99 Å². The van der Waals surface area contributed by atoms with Crippen molar-refractivity contribution in [3.05, 3.63) is 65.4 Å². The van der Waals surface area contributed by atoms with E-state index in [1.54, 1.807) is 33.3 Å². The molecule has 0 aliphatic carbocycles. The van der Waals surface area contributed by atoms with Gasteiger partial charge in [0.25, 0.3) is 5.91 Å². The van der Waals surface area contributed by atoms with Crippen LogP contribution >= 0.6 is 11.8 Å². The normalized spacial score (nSPS) is 15.3. The van der Waals surface area contributed by atoms with Crippen LogP contribution in [0, 0.1) is 0 Å². The molecule has 1 amide bonds. The Hall–Kier alpha value is -3.46. The van der Waals surface area contributed by atoms with E-state index < -0.39 is 6.04 Å². The summed E-state index contributed by atoms with van der Waals surface area (Å²) >= 11 is 1.22. The third kappa shape index (κ3) is 6.07. The fourth-order valence-corrected chi connectivity index (χ4v) is 4.08. The lowest BCUT2D eigenvalue weighted by atomic mass is 9.95. The Bertz CT molecular complexity index is 1070. The number of amides is 1. The van der Waals surface area contributed by atoms with Crippen LogP contribution in [0.25, 0.3) is 0 Å². The van der Waals surface area contributed by atoms with Crippen molar-refractivity contribution in [3.63, 3.8) is 0 Å². The van der Waals surface area contributed by atoms with Crippen LogP contribution in [-0.2, 0) is 14.3 Å². The molecule has 0 radical (unpaired) electrons. The minimum Gasteiger partial charge on any atom is -0.497 e. The van der Waals surface area contributed by atoms with E-state index in [2.05, 4.69) is 10.6 Å². The van der Waals surface area contributed by atoms with Gasteiger partial charge in [-0.1, -0.05) is 30.0 Å². The van der Waals surface area contributed by atoms with Gasteiger partial charge >= 0.3 is 5.97 Å². The van der Waals surface area contributed by atoms with E-state index in [0.717, 1.165) is 0 Å². The van der Waals surface area contributed by atoms with Crippen molar-refractivity contribution in [1.29, 1.82) is 0 Å². The number of thioether (sulfide) groups is 1. The molecular weight excluding hydrogens is 442 g/mol. The van der Waals surface area contributed by atoms with Gasteiger partial charge in [0.1, 0.15) is 17.5 Å². The average Bonchev–Trinajstić information content (AvgIpc) is 2.82. The molecule has 0 fully saturated rings. The summed E-state index contributed by atoms with van der Waals surface area (Å²) in [5, 5.41) is 6.59. The van der Waals surface area contributed by atoms with E-state index in [0.29, 0.717) is 45.8 Å². The van der Waals surface area contributed by atoms with Crippen LogP contribution in [0.15, 0.2) is 64.8 Å². The first-order valence-corrected chi connectivity index (χ1v) is 11.4. The van der Waals surface area contributed by atoms with Gasteiger partial charge in [0.05, 0.1) is 32.2 Å². The summed E-state index contributed by atoms with van der Waals surface area (Å²) in [6.45, 7) is 3.88. The zero-order valence-corrected chi connectivity index (χ0v) is 19.8. The molecule has 33 heavy (non-hydrogen) atoms. The molecule has 3 rings (SSSR count). The third-order valence-electron chi connectivity index (χ3n) is 4.86. The number of esters is 1. The van der Waals surface area contributed by atoms with Crippen LogP contribution in [0.5, 0.6) is 11.5 Å². The van der Waals surface area contributed by atoms with Gasteiger partial charge < -0.3 is 24.8 Å². The molecule has 1 aliphatic rings. The number of carbonyl (C=O) groups excluding carboxylic acids is 2. The summed E-state index contributed by atoms with van der Waals surface area (Å²) in [4.78, 5) is 29.9. The number of nitrogens with zero attached hydrogens (tertiary/aromatic N) is 1. The highest BCUT2D eigenvalue weighted by atomic mass is 32.2. The Balaban J connectivity index is 1.97. The topological polar surface area (TPSA) is 98.2 Å². The number of anilines is 1. The van der Waals surface area contributed by atoms with Gasteiger partial charge in [-0.05, 0) is 38.1 Å². The molecule has 0 spiro atoms. The maximum Gasteiger partial charge on any atom is 0.316 e. The molecule has 8 nitrogen and oxygen atoms in total. The number of rotatable bonds is 8. The van der Waals surface area contributed by atoms with Gasteiger partial charge in [-0.3, -0.25) is 9.59 Å². The second kappa shape index (κ2) is 11.4. The maximum atomic E-state index is 13.3. The Morgan fingerprint density at radius 3 is 2.55 bits per heavy atom. The first kappa shape index (κ1) is 24.2. The quantitative estimate of drug-likeness (QED) is 0.566. The number of para-hydroxylation sites is 1. The Kier molecular flexibility index (Phi) is 8.37. The van der Waals surface area contributed by atoms with Gasteiger partial charge in [-0.15, -0.1) is 0 Å². The smallest absolute Gasteiger partial charge is 0.316 e. The van der Waals surface area contributed by atoms with Crippen molar-refractivity contribution in [1.82, 2.24) is 5.32 Å². The highest BCUT2D eigenvalue weighted by molar-refractivity contribution is 8.14. The fraction of sp³-hybridized carbons (Fsp3) is 0.292. The third-order valence-corrected chi connectivity index (χ3v) is 5.72. The minimum atomic E-state index is -0.652. The molecule has 1 heterocycles. The second-order valence-corrected chi connectivity index (χ2v) is 7.99. The fourth-order valence-electron chi connectivity index (χ4n) is 3.33. The number of amidine groups is 1. The number of aliphatic imine (C=N–C) groups is 1. The SMILES string of the molecule is CCOC(=O)CSC1=N[C@H](c2ccc(OC)cc2OC)C(C(=O)Nc2ccccc2)=C(C)N1. The van der Waals surface area contributed by atoms with E-state index in [4.69, 9.17) is 19.2 Å². The number of benzene rings is 2. The van der Waals surface area contributed by atoms with Crippen LogP contribution in [0.1, 0.15) is 25.5 Å². The van der Waals surface area contributed by atoms with Gasteiger partial charge in [0.15, 0.2) is 5.17 Å². The van der Waals surface area contributed by atoms with Crippen LogP contribution in [-0.4, -0.2) is 43.6 Å². The standard InChI is InChI=1S/C24H27N3O5S/c1-5-32-20(28)14-33-24-25-15(2)21(23(29)26-16-9-7-6-8-10-16)22(27-24)18-12-11-17(30-3)13-19(18)31-4/h6-13,22H,5,14H2,1-4H3,(H,25,27)(H,26,29)/t22-/m1/s1. The van der Waals surface area contributed by atoms with Crippen LogP contribution < -0.4 is 20.1 Å². The van der Waals surface area contributed by atoms with Crippen molar-refractivity contribution >= 4 is 34.5 Å². The zero-order chi connectivity index (χ0) is 23.8.